The van der Waals surface area contributed by atoms with E-state index >= 15 is 0 Å². The number of rotatable bonds is 9. The number of carbonyl (C=O) groups excluding carboxylic acids is 1. The number of halogens is 2. The van der Waals surface area contributed by atoms with E-state index in [1.807, 2.05) is 0 Å². The second-order valence-electron chi connectivity index (χ2n) is 10.6. The zero-order valence-corrected chi connectivity index (χ0v) is 24.1. The fourth-order valence-corrected chi connectivity index (χ4v) is 4.94. The Balaban J connectivity index is 1.44. The van der Waals surface area contributed by atoms with Crippen LogP contribution in [0.1, 0.15) is 32.3 Å². The maximum Gasteiger partial charge on any atom is 0.245 e. The molecule has 0 saturated carbocycles. The number of aromatic nitrogens is 2. The molecule has 0 radical (unpaired) electrons. The maximum absolute atomic E-state index is 14.2. The van der Waals surface area contributed by atoms with Crippen LogP contribution in [0.4, 0.5) is 20.3 Å². The van der Waals surface area contributed by atoms with Crippen molar-refractivity contribution in [2.45, 2.75) is 38.4 Å². The van der Waals surface area contributed by atoms with Crippen molar-refractivity contribution in [1.29, 1.82) is 0 Å². The number of anilines is 2. The van der Waals surface area contributed by atoms with Gasteiger partial charge >= 0.3 is 0 Å². The fourth-order valence-electron chi connectivity index (χ4n) is 4.94. The van der Waals surface area contributed by atoms with Crippen LogP contribution in [0.25, 0.3) is 10.9 Å². The van der Waals surface area contributed by atoms with Crippen molar-refractivity contribution < 1.29 is 32.9 Å². The standard InChI is InChI=1S/C32H32F2N4O5/c1-5-29(39)38-13-11-19(12-14-38)42-28-16-21-25(17-27(28)41-4)35-18-36-31(21)37-24-10-9-20(15-22(24)32(2,3)40)43-26-8-6-7-23(33)30(26)34/h5-10,15-19,40H,1,11-14H2,2-4H3,(H,35,36,37). The minimum atomic E-state index is -1.34. The van der Waals surface area contributed by atoms with Crippen LogP contribution in [0.3, 0.4) is 0 Å². The van der Waals surface area contributed by atoms with Gasteiger partial charge in [0.2, 0.25) is 11.7 Å². The number of likely N-dealkylation sites (tertiary alicyclic amines) is 1. The van der Waals surface area contributed by atoms with Crippen molar-refractivity contribution >= 4 is 28.3 Å². The van der Waals surface area contributed by atoms with Crippen LogP contribution in [0.15, 0.2) is 67.5 Å². The summed E-state index contributed by atoms with van der Waals surface area (Å²) in [4.78, 5) is 22.5. The second-order valence-corrected chi connectivity index (χ2v) is 10.6. The lowest BCUT2D eigenvalue weighted by Gasteiger charge is -2.31. The number of piperidine rings is 1. The lowest BCUT2D eigenvalue weighted by Crippen LogP contribution is -2.41. The fraction of sp³-hybridized carbons (Fsp3) is 0.281. The van der Waals surface area contributed by atoms with Crippen LogP contribution in [-0.4, -0.2) is 52.2 Å². The molecule has 4 aromatic rings. The summed E-state index contributed by atoms with van der Waals surface area (Å²) in [6.45, 7) is 7.88. The van der Waals surface area contributed by atoms with Gasteiger partial charge in [-0.2, -0.15) is 4.39 Å². The van der Waals surface area contributed by atoms with Gasteiger partial charge in [0.15, 0.2) is 23.1 Å². The van der Waals surface area contributed by atoms with Gasteiger partial charge in [-0.05, 0) is 56.3 Å². The molecule has 1 aliphatic heterocycles. The summed E-state index contributed by atoms with van der Waals surface area (Å²) in [5, 5.41) is 14.9. The molecule has 0 unspecified atom stereocenters. The molecule has 5 rings (SSSR count). The van der Waals surface area contributed by atoms with E-state index in [0.717, 1.165) is 6.07 Å². The first-order valence-electron chi connectivity index (χ1n) is 13.7. The number of fused-ring (bicyclic) bond motifs is 1. The highest BCUT2D eigenvalue weighted by atomic mass is 19.2. The molecule has 9 nitrogen and oxygen atoms in total. The molecule has 0 spiro atoms. The number of carbonyl (C=O) groups is 1. The number of hydrogen-bond donors (Lipinski definition) is 2. The van der Waals surface area contributed by atoms with Gasteiger partial charge in [-0.25, -0.2) is 14.4 Å². The molecule has 2 N–H and O–H groups in total. The van der Waals surface area contributed by atoms with Crippen molar-refractivity contribution in [1.82, 2.24) is 14.9 Å². The van der Waals surface area contributed by atoms with E-state index in [-0.39, 0.29) is 23.5 Å². The Labute approximate surface area is 247 Å². The van der Waals surface area contributed by atoms with Gasteiger partial charge in [0.1, 0.15) is 24.0 Å². The van der Waals surface area contributed by atoms with Gasteiger partial charge in [0, 0.05) is 48.6 Å². The Morgan fingerprint density at radius 3 is 2.56 bits per heavy atom. The van der Waals surface area contributed by atoms with Gasteiger partial charge in [0.25, 0.3) is 0 Å². The van der Waals surface area contributed by atoms with Crippen LogP contribution in [0.2, 0.25) is 0 Å². The normalized spacial score (nSPS) is 14.0. The summed E-state index contributed by atoms with van der Waals surface area (Å²) >= 11 is 0. The highest BCUT2D eigenvalue weighted by Crippen LogP contribution is 2.39. The lowest BCUT2D eigenvalue weighted by atomic mass is 9.96. The van der Waals surface area contributed by atoms with Crippen LogP contribution < -0.4 is 19.5 Å². The second kappa shape index (κ2) is 12.2. The minimum absolute atomic E-state index is 0.0965. The molecule has 1 amide bonds. The molecule has 1 fully saturated rings. The Morgan fingerprint density at radius 2 is 1.86 bits per heavy atom. The third kappa shape index (κ3) is 6.51. The molecule has 3 aromatic carbocycles. The number of amides is 1. The highest BCUT2D eigenvalue weighted by molar-refractivity contribution is 5.93. The molecule has 2 heterocycles. The topological polar surface area (TPSA) is 106 Å². The Morgan fingerprint density at radius 1 is 1.09 bits per heavy atom. The lowest BCUT2D eigenvalue weighted by molar-refractivity contribution is -0.127. The van der Waals surface area contributed by atoms with E-state index < -0.39 is 17.2 Å². The monoisotopic (exact) mass is 590 g/mol. The summed E-state index contributed by atoms with van der Waals surface area (Å²) in [7, 11) is 1.55. The molecule has 0 aliphatic carbocycles. The molecule has 224 valence electrons. The number of benzene rings is 3. The molecule has 1 aromatic heterocycles. The molecule has 11 heteroatoms. The molecule has 0 atom stereocenters. The first-order valence-corrected chi connectivity index (χ1v) is 13.7. The largest absolute Gasteiger partial charge is 0.493 e. The van der Waals surface area contributed by atoms with Crippen LogP contribution >= 0.6 is 0 Å². The average Bonchev–Trinajstić information content (AvgIpc) is 2.99. The number of hydrogen-bond acceptors (Lipinski definition) is 8. The SMILES string of the molecule is C=CC(=O)N1CCC(Oc2cc3c(Nc4ccc(Oc5cccc(F)c5F)cc4C(C)(C)O)ncnc3cc2OC)CC1. The van der Waals surface area contributed by atoms with Crippen molar-refractivity contribution in [3.8, 4) is 23.0 Å². The molecule has 1 saturated heterocycles. The van der Waals surface area contributed by atoms with E-state index in [1.54, 1.807) is 56.2 Å². The third-order valence-electron chi connectivity index (χ3n) is 7.19. The van der Waals surface area contributed by atoms with Crippen molar-refractivity contribution in [3.05, 3.63) is 84.7 Å². The molecule has 0 bridgehead atoms. The van der Waals surface area contributed by atoms with E-state index in [9.17, 15) is 18.7 Å². The third-order valence-corrected chi connectivity index (χ3v) is 7.19. The molecular weight excluding hydrogens is 558 g/mol. The summed E-state index contributed by atoms with van der Waals surface area (Å²) < 4.78 is 45.4. The van der Waals surface area contributed by atoms with Crippen molar-refractivity contribution in [3.63, 3.8) is 0 Å². The van der Waals surface area contributed by atoms with Gasteiger partial charge in [-0.1, -0.05) is 12.6 Å². The van der Waals surface area contributed by atoms with E-state index in [0.29, 0.717) is 65.4 Å². The predicted molar refractivity (Wildman–Crippen MR) is 158 cm³/mol. The Bertz CT molecular complexity index is 1670. The molecular formula is C32H32F2N4O5. The zero-order valence-electron chi connectivity index (χ0n) is 24.1. The van der Waals surface area contributed by atoms with Gasteiger partial charge < -0.3 is 29.5 Å². The van der Waals surface area contributed by atoms with Gasteiger partial charge in [-0.3, -0.25) is 4.79 Å². The summed E-state index contributed by atoms with van der Waals surface area (Å²) in [6, 6.07) is 12.0. The minimum Gasteiger partial charge on any atom is -0.493 e. The Hall–Kier alpha value is -4.77. The number of methoxy groups -OCH3 is 1. The predicted octanol–water partition coefficient (Wildman–Crippen LogP) is 6.24. The molecule has 1 aliphatic rings. The van der Waals surface area contributed by atoms with E-state index in [1.165, 1.54) is 24.5 Å². The quantitative estimate of drug-likeness (QED) is 0.221. The van der Waals surface area contributed by atoms with E-state index in [2.05, 4.69) is 21.9 Å². The Kier molecular flexibility index (Phi) is 8.45. The molecule has 43 heavy (non-hydrogen) atoms. The van der Waals surface area contributed by atoms with Gasteiger partial charge in [-0.15, -0.1) is 0 Å². The highest BCUT2D eigenvalue weighted by Gasteiger charge is 2.25. The first-order chi connectivity index (χ1) is 20.6. The smallest absolute Gasteiger partial charge is 0.245 e. The van der Waals surface area contributed by atoms with Crippen molar-refractivity contribution in [2.24, 2.45) is 0 Å². The van der Waals surface area contributed by atoms with E-state index in [4.69, 9.17) is 14.2 Å². The maximum atomic E-state index is 14.2. The van der Waals surface area contributed by atoms with Crippen LogP contribution in [-0.2, 0) is 10.4 Å². The number of nitrogens with one attached hydrogen (secondary N) is 1. The number of ether oxygens (including phenoxy) is 3. The van der Waals surface area contributed by atoms with Gasteiger partial charge in [0.05, 0.1) is 18.2 Å². The van der Waals surface area contributed by atoms with Crippen LogP contribution in [0.5, 0.6) is 23.0 Å². The van der Waals surface area contributed by atoms with Crippen molar-refractivity contribution in [2.75, 3.05) is 25.5 Å². The summed E-state index contributed by atoms with van der Waals surface area (Å²) in [5.74, 6) is -0.840. The van der Waals surface area contributed by atoms with Crippen LogP contribution in [0, 0.1) is 11.6 Å². The summed E-state index contributed by atoms with van der Waals surface area (Å²) in [6.07, 6.45) is 3.90. The number of aliphatic hydroxyl groups is 1. The average molecular weight is 591 g/mol. The zero-order chi connectivity index (χ0) is 30.7. The number of nitrogens with zero attached hydrogens (tertiary/aromatic N) is 3. The first kappa shape index (κ1) is 29.7. The summed E-state index contributed by atoms with van der Waals surface area (Å²) in [5.41, 5.74) is 0.195.